The highest BCUT2D eigenvalue weighted by molar-refractivity contribution is 6.04. The Kier molecular flexibility index (Phi) is 6.58. The highest BCUT2D eigenvalue weighted by Gasteiger charge is 2.34. The highest BCUT2D eigenvalue weighted by atomic mass is 19.4. The molecule has 1 N–H and O–H groups in total. The van der Waals surface area contributed by atoms with Gasteiger partial charge in [-0.3, -0.25) is 9.78 Å². The van der Waals surface area contributed by atoms with Crippen molar-refractivity contribution < 1.29 is 22.4 Å². The van der Waals surface area contributed by atoms with E-state index < -0.39 is 29.2 Å². The van der Waals surface area contributed by atoms with Crippen LogP contribution in [0.25, 0.3) is 11.3 Å². The fraction of sp³-hybridized carbons (Fsp3) is 0.217. The topological polar surface area (TPSA) is 45.2 Å². The lowest BCUT2D eigenvalue weighted by molar-refractivity contribution is -0.137. The summed E-state index contributed by atoms with van der Waals surface area (Å²) in [5.74, 6) is -1.54. The summed E-state index contributed by atoms with van der Waals surface area (Å²) in [7, 11) is 0. The van der Waals surface area contributed by atoms with Crippen LogP contribution in [0.2, 0.25) is 0 Å². The number of hydrogen-bond acceptors (Lipinski definition) is 3. The summed E-state index contributed by atoms with van der Waals surface area (Å²) in [4.78, 5) is 18.3. The predicted molar refractivity (Wildman–Crippen MR) is 113 cm³/mol. The predicted octanol–water partition coefficient (Wildman–Crippen LogP) is 6.01. The zero-order valence-corrected chi connectivity index (χ0v) is 17.0. The number of nitrogens with one attached hydrogen (secondary N) is 1. The second-order valence-corrected chi connectivity index (χ2v) is 6.77. The van der Waals surface area contributed by atoms with Gasteiger partial charge < -0.3 is 10.2 Å². The Morgan fingerprint density at radius 3 is 2.29 bits per heavy atom. The van der Waals surface area contributed by atoms with E-state index in [9.17, 15) is 22.4 Å². The molecule has 0 spiro atoms. The van der Waals surface area contributed by atoms with Crippen molar-refractivity contribution in [2.45, 2.75) is 20.0 Å². The second kappa shape index (κ2) is 9.16. The van der Waals surface area contributed by atoms with E-state index in [4.69, 9.17) is 0 Å². The number of halogens is 4. The van der Waals surface area contributed by atoms with Gasteiger partial charge in [-0.2, -0.15) is 13.2 Å². The van der Waals surface area contributed by atoms with E-state index in [0.29, 0.717) is 5.69 Å². The minimum absolute atomic E-state index is 0.0152. The molecule has 1 heterocycles. The molecule has 3 rings (SSSR count). The molecule has 0 unspecified atom stereocenters. The first-order valence-corrected chi connectivity index (χ1v) is 9.73. The van der Waals surface area contributed by atoms with E-state index in [1.54, 1.807) is 12.1 Å². The number of benzene rings is 2. The maximum Gasteiger partial charge on any atom is 0.418 e. The van der Waals surface area contributed by atoms with Gasteiger partial charge in [0, 0.05) is 41.8 Å². The van der Waals surface area contributed by atoms with Crippen LogP contribution in [-0.2, 0) is 6.18 Å². The maximum atomic E-state index is 14.6. The fourth-order valence-electron chi connectivity index (χ4n) is 3.24. The Hall–Kier alpha value is -3.42. The number of carbonyl (C=O) groups excluding carboxylic acids is 1. The Morgan fingerprint density at radius 2 is 1.71 bits per heavy atom. The van der Waals surface area contributed by atoms with Crippen molar-refractivity contribution in [2.75, 3.05) is 23.3 Å². The van der Waals surface area contributed by atoms with Crippen LogP contribution in [0.1, 0.15) is 29.8 Å². The Balaban J connectivity index is 1.81. The van der Waals surface area contributed by atoms with Crippen LogP contribution in [0.5, 0.6) is 0 Å². The van der Waals surface area contributed by atoms with Gasteiger partial charge in [0.1, 0.15) is 5.82 Å². The molecule has 0 atom stereocenters. The third-order valence-corrected chi connectivity index (χ3v) is 4.85. The van der Waals surface area contributed by atoms with Gasteiger partial charge in [0.25, 0.3) is 5.91 Å². The van der Waals surface area contributed by atoms with Gasteiger partial charge in [-0.05, 0) is 68.4 Å². The van der Waals surface area contributed by atoms with E-state index in [0.717, 1.165) is 49.2 Å². The van der Waals surface area contributed by atoms with Crippen molar-refractivity contribution in [1.82, 2.24) is 4.98 Å². The Morgan fingerprint density at radius 1 is 1.03 bits per heavy atom. The average Bonchev–Trinajstić information content (AvgIpc) is 2.75. The SMILES string of the molecule is CCN(CC)c1ccc(NC(=O)c2ccc(-c3ncccc3C(F)(F)F)c(F)c2)cc1. The van der Waals surface area contributed by atoms with Crippen molar-refractivity contribution in [3.05, 3.63) is 77.7 Å². The van der Waals surface area contributed by atoms with Crippen LogP contribution in [0.3, 0.4) is 0 Å². The molecule has 0 fully saturated rings. The van der Waals surface area contributed by atoms with Crippen molar-refractivity contribution in [3.8, 4) is 11.3 Å². The highest BCUT2D eigenvalue weighted by Crippen LogP contribution is 2.36. The molecule has 0 bridgehead atoms. The number of rotatable bonds is 6. The molecule has 2 aromatic carbocycles. The Labute approximate surface area is 177 Å². The number of aromatic nitrogens is 1. The van der Waals surface area contributed by atoms with Gasteiger partial charge in [0.15, 0.2) is 0 Å². The molecule has 8 heteroatoms. The van der Waals surface area contributed by atoms with Crippen LogP contribution in [-0.4, -0.2) is 24.0 Å². The smallest absolute Gasteiger partial charge is 0.372 e. The summed E-state index contributed by atoms with van der Waals surface area (Å²) in [5, 5.41) is 2.66. The van der Waals surface area contributed by atoms with Gasteiger partial charge in [0.2, 0.25) is 0 Å². The van der Waals surface area contributed by atoms with E-state index >= 15 is 0 Å². The minimum atomic E-state index is -4.68. The van der Waals surface area contributed by atoms with Crippen LogP contribution in [0.15, 0.2) is 60.8 Å². The van der Waals surface area contributed by atoms with Crippen molar-refractivity contribution in [2.24, 2.45) is 0 Å². The summed E-state index contributed by atoms with van der Waals surface area (Å²) in [6.07, 6.45) is -3.52. The lowest BCUT2D eigenvalue weighted by Crippen LogP contribution is -2.21. The zero-order valence-electron chi connectivity index (χ0n) is 17.0. The largest absolute Gasteiger partial charge is 0.418 e. The van der Waals surface area contributed by atoms with Gasteiger partial charge in [-0.25, -0.2) is 4.39 Å². The molecule has 0 aliphatic carbocycles. The van der Waals surface area contributed by atoms with Crippen LogP contribution < -0.4 is 10.2 Å². The number of pyridine rings is 1. The molecular formula is C23H21F4N3O. The van der Waals surface area contributed by atoms with Crippen molar-refractivity contribution >= 4 is 17.3 Å². The monoisotopic (exact) mass is 431 g/mol. The van der Waals surface area contributed by atoms with E-state index in [1.807, 2.05) is 26.0 Å². The van der Waals surface area contributed by atoms with Gasteiger partial charge in [-0.1, -0.05) is 0 Å². The first-order valence-electron chi connectivity index (χ1n) is 9.73. The van der Waals surface area contributed by atoms with Crippen molar-refractivity contribution in [3.63, 3.8) is 0 Å². The normalized spacial score (nSPS) is 11.3. The minimum Gasteiger partial charge on any atom is -0.372 e. The molecule has 31 heavy (non-hydrogen) atoms. The van der Waals surface area contributed by atoms with E-state index in [1.165, 1.54) is 6.07 Å². The molecule has 0 saturated heterocycles. The molecular weight excluding hydrogens is 410 g/mol. The number of anilines is 2. The number of nitrogens with zero attached hydrogens (tertiary/aromatic N) is 2. The number of alkyl halides is 3. The maximum absolute atomic E-state index is 14.6. The number of amides is 1. The number of hydrogen-bond donors (Lipinski definition) is 1. The standard InChI is InChI=1S/C23H21F4N3O/c1-3-30(4-2)17-10-8-16(9-11-17)29-22(31)15-7-12-18(20(24)14-15)21-19(23(25,26)27)6-5-13-28-21/h5-14H,3-4H2,1-2H3,(H,29,31). The number of carbonyl (C=O) groups is 1. The summed E-state index contributed by atoms with van der Waals surface area (Å²) in [6.45, 7) is 5.78. The second-order valence-electron chi connectivity index (χ2n) is 6.77. The zero-order chi connectivity index (χ0) is 22.6. The fourth-order valence-corrected chi connectivity index (χ4v) is 3.24. The summed E-state index contributed by atoms with van der Waals surface area (Å²) < 4.78 is 54.3. The van der Waals surface area contributed by atoms with E-state index in [2.05, 4.69) is 15.2 Å². The van der Waals surface area contributed by atoms with Crippen LogP contribution >= 0.6 is 0 Å². The summed E-state index contributed by atoms with van der Waals surface area (Å²) >= 11 is 0. The molecule has 1 aromatic heterocycles. The molecule has 0 radical (unpaired) electrons. The lowest BCUT2D eigenvalue weighted by Gasteiger charge is -2.21. The molecule has 0 aliphatic rings. The lowest BCUT2D eigenvalue weighted by atomic mass is 10.0. The molecule has 1 amide bonds. The van der Waals surface area contributed by atoms with E-state index in [-0.39, 0.29) is 11.1 Å². The van der Waals surface area contributed by atoms with Gasteiger partial charge >= 0.3 is 6.18 Å². The average molecular weight is 431 g/mol. The molecule has 3 aromatic rings. The first-order chi connectivity index (χ1) is 14.7. The molecule has 4 nitrogen and oxygen atoms in total. The molecule has 162 valence electrons. The Bertz CT molecular complexity index is 1060. The third kappa shape index (κ3) is 5.02. The first kappa shape index (κ1) is 22.3. The van der Waals surface area contributed by atoms with Crippen molar-refractivity contribution in [1.29, 1.82) is 0 Å². The van der Waals surface area contributed by atoms with Gasteiger partial charge in [-0.15, -0.1) is 0 Å². The molecule has 0 aliphatic heterocycles. The summed E-state index contributed by atoms with van der Waals surface area (Å²) in [5.41, 5.74) is -0.374. The van der Waals surface area contributed by atoms with Crippen LogP contribution in [0.4, 0.5) is 28.9 Å². The molecule has 0 saturated carbocycles. The quantitative estimate of drug-likeness (QED) is 0.487. The van der Waals surface area contributed by atoms with Crippen LogP contribution in [0, 0.1) is 5.82 Å². The third-order valence-electron chi connectivity index (χ3n) is 4.85. The van der Waals surface area contributed by atoms with Gasteiger partial charge in [0.05, 0.1) is 11.3 Å². The summed E-state index contributed by atoms with van der Waals surface area (Å²) in [6, 6.07) is 12.5.